The SMILES string of the molecule is CC(C(=O)Cc1ccc(C(=O)OC(C)(C)C)cc1)n1cc(C(F)F)c(-c2cc(Cl)ccc2C#N)cc1=O. The van der Waals surface area contributed by atoms with Crippen molar-refractivity contribution in [2.45, 2.75) is 52.2 Å². The van der Waals surface area contributed by atoms with Crippen molar-refractivity contribution in [1.29, 1.82) is 5.26 Å². The lowest BCUT2D eigenvalue weighted by Gasteiger charge is -2.19. The number of ether oxygens (including phenoxy) is 1. The summed E-state index contributed by atoms with van der Waals surface area (Å²) in [5.74, 6) is -0.885. The molecule has 6 nitrogen and oxygen atoms in total. The fourth-order valence-electron chi connectivity index (χ4n) is 3.71. The highest BCUT2D eigenvalue weighted by Gasteiger charge is 2.24. The van der Waals surface area contributed by atoms with Crippen LogP contribution >= 0.6 is 11.6 Å². The van der Waals surface area contributed by atoms with Crippen molar-refractivity contribution in [2.24, 2.45) is 0 Å². The molecule has 3 rings (SSSR count). The van der Waals surface area contributed by atoms with Crippen molar-refractivity contribution in [3.05, 3.63) is 92.4 Å². The standard InChI is InChI=1S/C28H25ClF2N2O4/c1-16(24(34)11-17-5-7-18(8-6-17)27(36)37-28(2,3)4)33-15-23(26(30)31)22(13-25(33)35)21-12-20(29)10-9-19(21)14-32/h5-10,12-13,15-16,26H,11H2,1-4H3. The van der Waals surface area contributed by atoms with E-state index in [0.717, 1.165) is 16.8 Å². The molecule has 0 aliphatic heterocycles. The topological polar surface area (TPSA) is 89.2 Å². The quantitative estimate of drug-likeness (QED) is 0.337. The summed E-state index contributed by atoms with van der Waals surface area (Å²) in [5.41, 5.74) is -0.840. The van der Waals surface area contributed by atoms with Crippen LogP contribution < -0.4 is 5.56 Å². The summed E-state index contributed by atoms with van der Waals surface area (Å²) in [7, 11) is 0. The molecule has 1 unspecified atom stereocenters. The Balaban J connectivity index is 1.89. The van der Waals surface area contributed by atoms with Gasteiger partial charge in [-0.1, -0.05) is 23.7 Å². The Morgan fingerprint density at radius 2 is 1.73 bits per heavy atom. The van der Waals surface area contributed by atoms with E-state index in [0.29, 0.717) is 11.1 Å². The van der Waals surface area contributed by atoms with Crippen molar-refractivity contribution >= 4 is 23.4 Å². The third-order valence-corrected chi connectivity index (χ3v) is 5.82. The van der Waals surface area contributed by atoms with Gasteiger partial charge in [-0.2, -0.15) is 5.26 Å². The van der Waals surface area contributed by atoms with E-state index in [4.69, 9.17) is 16.3 Å². The van der Waals surface area contributed by atoms with E-state index in [9.17, 15) is 28.4 Å². The van der Waals surface area contributed by atoms with Crippen LogP contribution in [-0.2, 0) is 16.0 Å². The normalized spacial score (nSPS) is 12.2. The summed E-state index contributed by atoms with van der Waals surface area (Å²) < 4.78 is 34.3. The largest absolute Gasteiger partial charge is 0.456 e. The van der Waals surface area contributed by atoms with Gasteiger partial charge in [0.15, 0.2) is 5.78 Å². The minimum Gasteiger partial charge on any atom is -0.456 e. The maximum atomic E-state index is 14.0. The molecule has 0 aliphatic carbocycles. The molecule has 0 saturated carbocycles. The van der Waals surface area contributed by atoms with E-state index in [-0.39, 0.29) is 33.9 Å². The van der Waals surface area contributed by atoms with Crippen LogP contribution in [0.25, 0.3) is 11.1 Å². The van der Waals surface area contributed by atoms with Crippen LogP contribution in [0.3, 0.4) is 0 Å². The third-order valence-electron chi connectivity index (χ3n) is 5.59. The molecule has 37 heavy (non-hydrogen) atoms. The van der Waals surface area contributed by atoms with Crippen molar-refractivity contribution in [2.75, 3.05) is 0 Å². The molecule has 0 amide bonds. The highest BCUT2D eigenvalue weighted by atomic mass is 35.5. The van der Waals surface area contributed by atoms with Gasteiger partial charge in [0.2, 0.25) is 0 Å². The van der Waals surface area contributed by atoms with Crippen molar-refractivity contribution in [3.63, 3.8) is 0 Å². The summed E-state index contributed by atoms with van der Waals surface area (Å²) >= 11 is 6.00. The Kier molecular flexibility index (Phi) is 8.29. The monoisotopic (exact) mass is 526 g/mol. The highest BCUT2D eigenvalue weighted by Crippen LogP contribution is 2.34. The number of benzene rings is 2. The zero-order valence-electron chi connectivity index (χ0n) is 20.7. The number of esters is 1. The number of nitriles is 1. The van der Waals surface area contributed by atoms with E-state index in [1.807, 2.05) is 6.07 Å². The van der Waals surface area contributed by atoms with Gasteiger partial charge in [0.1, 0.15) is 5.60 Å². The zero-order chi connectivity index (χ0) is 27.5. The Bertz CT molecular complexity index is 1430. The van der Waals surface area contributed by atoms with Crippen molar-refractivity contribution < 1.29 is 23.1 Å². The number of pyridine rings is 1. The van der Waals surface area contributed by atoms with E-state index in [1.54, 1.807) is 32.9 Å². The van der Waals surface area contributed by atoms with E-state index >= 15 is 0 Å². The number of aromatic nitrogens is 1. The fraction of sp³-hybridized carbons (Fsp3) is 0.286. The van der Waals surface area contributed by atoms with E-state index in [2.05, 4.69) is 0 Å². The third kappa shape index (κ3) is 6.69. The first-order chi connectivity index (χ1) is 17.3. The molecule has 9 heteroatoms. The number of halogens is 3. The smallest absolute Gasteiger partial charge is 0.338 e. The molecule has 0 bridgehead atoms. The average Bonchev–Trinajstić information content (AvgIpc) is 2.82. The number of Topliss-reactive ketones (excluding diaryl/α,β-unsaturated/α-hetero) is 1. The number of carbonyl (C=O) groups excluding carboxylic acids is 2. The first kappa shape index (κ1) is 27.8. The Labute approximate surface area is 218 Å². The summed E-state index contributed by atoms with van der Waals surface area (Å²) in [6, 6.07) is 12.3. The summed E-state index contributed by atoms with van der Waals surface area (Å²) in [6.45, 7) is 6.72. The number of carbonyl (C=O) groups is 2. The molecule has 0 radical (unpaired) electrons. The van der Waals surface area contributed by atoms with Crippen LogP contribution in [0.2, 0.25) is 5.02 Å². The molecular weight excluding hydrogens is 502 g/mol. The second kappa shape index (κ2) is 11.1. The lowest BCUT2D eigenvalue weighted by atomic mass is 9.96. The molecule has 1 aromatic heterocycles. The van der Waals surface area contributed by atoms with Crippen LogP contribution in [-0.4, -0.2) is 21.9 Å². The molecule has 0 saturated heterocycles. The molecule has 0 spiro atoms. The number of alkyl halides is 2. The van der Waals surface area contributed by atoms with Crippen LogP contribution in [0.1, 0.15) is 67.2 Å². The van der Waals surface area contributed by atoms with Gasteiger partial charge in [-0.3, -0.25) is 9.59 Å². The molecule has 0 N–H and O–H groups in total. The number of hydrogen-bond acceptors (Lipinski definition) is 5. The van der Waals surface area contributed by atoms with Gasteiger partial charge in [-0.25, -0.2) is 13.6 Å². The Morgan fingerprint density at radius 3 is 2.30 bits per heavy atom. The minimum absolute atomic E-state index is 0.0825. The lowest BCUT2D eigenvalue weighted by Crippen LogP contribution is -2.29. The van der Waals surface area contributed by atoms with Gasteiger partial charge in [0.05, 0.1) is 23.2 Å². The lowest BCUT2D eigenvalue weighted by molar-refractivity contribution is -0.121. The molecule has 0 aliphatic rings. The van der Waals surface area contributed by atoms with Crippen LogP contribution in [0.5, 0.6) is 0 Å². The maximum absolute atomic E-state index is 14.0. The molecule has 1 atom stereocenters. The summed E-state index contributed by atoms with van der Waals surface area (Å²) in [4.78, 5) is 38.0. The van der Waals surface area contributed by atoms with Gasteiger partial charge < -0.3 is 9.30 Å². The summed E-state index contributed by atoms with van der Waals surface area (Å²) in [5, 5.41) is 9.61. The molecule has 192 valence electrons. The van der Waals surface area contributed by atoms with Crippen molar-refractivity contribution in [3.8, 4) is 17.2 Å². The molecule has 0 fully saturated rings. The first-order valence-corrected chi connectivity index (χ1v) is 11.8. The van der Waals surface area contributed by atoms with E-state index < -0.39 is 35.2 Å². The number of hydrogen-bond donors (Lipinski definition) is 0. The Morgan fingerprint density at radius 1 is 1.08 bits per heavy atom. The molecular formula is C28H25ClF2N2O4. The average molecular weight is 527 g/mol. The van der Waals surface area contributed by atoms with Crippen LogP contribution in [0.4, 0.5) is 8.78 Å². The Hall–Kier alpha value is -3.83. The van der Waals surface area contributed by atoms with Crippen LogP contribution in [0, 0.1) is 11.3 Å². The summed E-state index contributed by atoms with van der Waals surface area (Å²) in [6.07, 6.45) is -2.10. The van der Waals surface area contributed by atoms with Crippen molar-refractivity contribution in [1.82, 2.24) is 4.57 Å². The van der Waals surface area contributed by atoms with Gasteiger partial charge >= 0.3 is 5.97 Å². The fourth-order valence-corrected chi connectivity index (χ4v) is 3.88. The predicted octanol–water partition coefficient (Wildman–Crippen LogP) is 6.31. The number of nitrogens with zero attached hydrogens (tertiary/aromatic N) is 2. The highest BCUT2D eigenvalue weighted by molar-refractivity contribution is 6.31. The number of ketones is 1. The van der Waals surface area contributed by atoms with E-state index in [1.165, 1.54) is 37.3 Å². The molecule has 3 aromatic rings. The first-order valence-electron chi connectivity index (χ1n) is 11.4. The van der Waals surface area contributed by atoms with Gasteiger partial charge in [0.25, 0.3) is 12.0 Å². The van der Waals surface area contributed by atoms with Gasteiger partial charge in [0, 0.05) is 34.8 Å². The number of rotatable bonds is 7. The zero-order valence-corrected chi connectivity index (χ0v) is 21.5. The molecule has 1 heterocycles. The van der Waals surface area contributed by atoms with Gasteiger partial charge in [-0.15, -0.1) is 0 Å². The second-order valence-corrected chi connectivity index (χ2v) is 9.94. The molecule has 2 aromatic carbocycles. The maximum Gasteiger partial charge on any atom is 0.338 e. The van der Waals surface area contributed by atoms with Gasteiger partial charge in [-0.05, 0) is 69.2 Å². The predicted molar refractivity (Wildman–Crippen MR) is 136 cm³/mol. The second-order valence-electron chi connectivity index (χ2n) is 9.51. The van der Waals surface area contributed by atoms with Crippen LogP contribution in [0.15, 0.2) is 59.5 Å². The minimum atomic E-state index is -2.98.